The Labute approximate surface area is 192 Å². The second-order valence-corrected chi connectivity index (χ2v) is 7.25. The van der Waals surface area contributed by atoms with E-state index < -0.39 is 0 Å². The summed E-state index contributed by atoms with van der Waals surface area (Å²) in [5, 5.41) is 2.91. The molecule has 0 aliphatic heterocycles. The summed E-state index contributed by atoms with van der Waals surface area (Å²) in [6, 6.07) is 18.2. The van der Waals surface area contributed by atoms with E-state index in [0.717, 1.165) is 23.5 Å². The molecule has 4 aromatic rings. The summed E-state index contributed by atoms with van der Waals surface area (Å²) in [6.07, 6.45) is 4.12. The molecule has 7 heteroatoms. The molecular formula is C26H24N4O3. The minimum absolute atomic E-state index is 0.257. The molecule has 0 atom stereocenters. The molecule has 0 radical (unpaired) electrons. The Balaban J connectivity index is 1.63. The molecule has 0 aliphatic rings. The zero-order valence-electron chi connectivity index (χ0n) is 18.7. The van der Waals surface area contributed by atoms with E-state index in [9.17, 15) is 4.79 Å². The summed E-state index contributed by atoms with van der Waals surface area (Å²) in [6.45, 7) is 3.85. The summed E-state index contributed by atoms with van der Waals surface area (Å²) in [5.41, 5.74) is 3.26. The van der Waals surface area contributed by atoms with Crippen LogP contribution in [0.25, 0.3) is 11.3 Å². The zero-order valence-corrected chi connectivity index (χ0v) is 18.7. The van der Waals surface area contributed by atoms with Gasteiger partial charge in [-0.15, -0.1) is 0 Å². The number of benzene rings is 2. The maximum absolute atomic E-state index is 13.0. The third-order valence-corrected chi connectivity index (χ3v) is 5.16. The highest BCUT2D eigenvalue weighted by Gasteiger charge is 2.17. The minimum Gasteiger partial charge on any atom is -0.495 e. The Morgan fingerprint density at radius 3 is 2.58 bits per heavy atom. The van der Waals surface area contributed by atoms with Crippen molar-refractivity contribution in [2.24, 2.45) is 0 Å². The lowest BCUT2D eigenvalue weighted by Gasteiger charge is -2.15. The van der Waals surface area contributed by atoms with E-state index in [4.69, 9.17) is 9.47 Å². The van der Waals surface area contributed by atoms with E-state index in [2.05, 4.69) is 20.3 Å². The van der Waals surface area contributed by atoms with Gasteiger partial charge in [0.25, 0.3) is 5.91 Å². The molecule has 0 bridgehead atoms. The number of pyridine rings is 1. The second-order valence-electron chi connectivity index (χ2n) is 7.25. The first-order valence-corrected chi connectivity index (χ1v) is 10.6. The lowest BCUT2D eigenvalue weighted by Crippen LogP contribution is -2.14. The van der Waals surface area contributed by atoms with Crippen molar-refractivity contribution in [1.82, 2.24) is 15.0 Å². The molecule has 0 aliphatic carbocycles. The van der Waals surface area contributed by atoms with Crippen molar-refractivity contribution in [2.75, 3.05) is 12.4 Å². The number of nitrogens with zero attached hydrogens (tertiary/aromatic N) is 3. The first kappa shape index (κ1) is 22.0. The average molecular weight is 441 g/mol. The van der Waals surface area contributed by atoms with Gasteiger partial charge in [0.1, 0.15) is 17.3 Å². The van der Waals surface area contributed by atoms with Gasteiger partial charge in [-0.25, -0.2) is 15.0 Å². The largest absolute Gasteiger partial charge is 0.495 e. The van der Waals surface area contributed by atoms with Gasteiger partial charge in [0.15, 0.2) is 0 Å². The molecule has 2 aromatic carbocycles. The van der Waals surface area contributed by atoms with Crippen molar-refractivity contribution < 1.29 is 14.3 Å². The van der Waals surface area contributed by atoms with Crippen LogP contribution < -0.4 is 14.8 Å². The van der Waals surface area contributed by atoms with E-state index in [0.29, 0.717) is 34.2 Å². The summed E-state index contributed by atoms with van der Waals surface area (Å²) in [5.74, 6) is 2.02. The highest BCUT2D eigenvalue weighted by atomic mass is 16.5. The minimum atomic E-state index is -0.257. The molecule has 33 heavy (non-hydrogen) atoms. The number of amides is 1. The number of nitrogens with one attached hydrogen (secondary N) is 1. The fraction of sp³-hybridized carbons (Fsp3) is 0.154. The van der Waals surface area contributed by atoms with Crippen molar-refractivity contribution in [3.8, 4) is 28.6 Å². The van der Waals surface area contributed by atoms with Crippen LogP contribution in [-0.4, -0.2) is 28.0 Å². The summed E-state index contributed by atoms with van der Waals surface area (Å²) < 4.78 is 11.5. The second kappa shape index (κ2) is 9.91. The van der Waals surface area contributed by atoms with Crippen LogP contribution in [0.4, 0.5) is 5.69 Å². The molecule has 1 N–H and O–H groups in total. The number of hydrogen-bond donors (Lipinski definition) is 1. The van der Waals surface area contributed by atoms with Crippen LogP contribution in [0.1, 0.15) is 28.7 Å². The van der Waals surface area contributed by atoms with Crippen LogP contribution in [0.5, 0.6) is 17.4 Å². The van der Waals surface area contributed by atoms with Crippen molar-refractivity contribution in [3.05, 3.63) is 90.0 Å². The van der Waals surface area contributed by atoms with Crippen molar-refractivity contribution in [2.45, 2.75) is 20.3 Å². The Morgan fingerprint density at radius 1 is 0.939 bits per heavy atom. The van der Waals surface area contributed by atoms with E-state index in [1.165, 1.54) is 0 Å². The van der Waals surface area contributed by atoms with Gasteiger partial charge >= 0.3 is 0 Å². The highest BCUT2D eigenvalue weighted by Crippen LogP contribution is 2.33. The fourth-order valence-electron chi connectivity index (χ4n) is 3.40. The summed E-state index contributed by atoms with van der Waals surface area (Å²) >= 11 is 0. The van der Waals surface area contributed by atoms with Gasteiger partial charge in [0.2, 0.25) is 5.88 Å². The molecule has 0 saturated carbocycles. The van der Waals surface area contributed by atoms with Crippen molar-refractivity contribution in [3.63, 3.8) is 0 Å². The predicted octanol–water partition coefficient (Wildman–Crippen LogP) is 5.46. The van der Waals surface area contributed by atoms with Gasteiger partial charge in [0, 0.05) is 29.9 Å². The number of rotatable bonds is 7. The lowest BCUT2D eigenvalue weighted by molar-refractivity contribution is 0.102. The van der Waals surface area contributed by atoms with E-state index in [1.807, 2.05) is 50.2 Å². The number of aryl methyl sites for hydroxylation is 1. The van der Waals surface area contributed by atoms with Gasteiger partial charge in [-0.05, 0) is 49.4 Å². The lowest BCUT2D eigenvalue weighted by atomic mass is 10.1. The van der Waals surface area contributed by atoms with Crippen LogP contribution in [0.3, 0.4) is 0 Å². The van der Waals surface area contributed by atoms with E-state index in [-0.39, 0.29) is 5.91 Å². The first-order chi connectivity index (χ1) is 16.1. The number of aromatic nitrogens is 3. The molecule has 2 aromatic heterocycles. The maximum atomic E-state index is 13.0. The molecule has 166 valence electrons. The molecule has 1 amide bonds. The number of methoxy groups -OCH3 is 1. The molecule has 0 spiro atoms. The Kier molecular flexibility index (Phi) is 6.59. The fourth-order valence-corrected chi connectivity index (χ4v) is 3.40. The molecule has 7 nitrogen and oxygen atoms in total. The highest BCUT2D eigenvalue weighted by molar-refractivity contribution is 6.06. The number of para-hydroxylation sites is 2. The molecule has 2 heterocycles. The zero-order chi connectivity index (χ0) is 23.2. The standard InChI is InChI=1S/C26H24N4O3/c1-4-24-27-16-14-20(29-24)19-10-8-15-28-26(19)33-22-13-7-9-18(17(22)2)25(31)30-21-11-5-6-12-23(21)32-3/h5-16H,4H2,1-3H3,(H,30,31). The molecular weight excluding hydrogens is 416 g/mol. The van der Waals surface area contributed by atoms with Gasteiger partial charge in [0.05, 0.1) is 24.1 Å². The monoisotopic (exact) mass is 440 g/mol. The predicted molar refractivity (Wildman–Crippen MR) is 127 cm³/mol. The number of carbonyl (C=O) groups is 1. The maximum Gasteiger partial charge on any atom is 0.256 e. The topological polar surface area (TPSA) is 86.2 Å². The number of anilines is 1. The summed E-state index contributed by atoms with van der Waals surface area (Å²) in [7, 11) is 1.57. The van der Waals surface area contributed by atoms with Crippen LogP contribution in [0, 0.1) is 6.92 Å². The number of hydrogen-bond acceptors (Lipinski definition) is 6. The molecule has 0 fully saturated rings. The Bertz CT molecular complexity index is 1290. The first-order valence-electron chi connectivity index (χ1n) is 10.6. The third kappa shape index (κ3) is 4.82. The van der Waals surface area contributed by atoms with Crippen LogP contribution in [0.2, 0.25) is 0 Å². The van der Waals surface area contributed by atoms with Gasteiger partial charge in [-0.2, -0.15) is 0 Å². The number of ether oxygens (including phenoxy) is 2. The molecule has 0 saturated heterocycles. The third-order valence-electron chi connectivity index (χ3n) is 5.16. The Hall–Kier alpha value is -4.26. The SMILES string of the molecule is CCc1nccc(-c2cccnc2Oc2cccc(C(=O)Nc3ccccc3OC)c2C)n1. The van der Waals surface area contributed by atoms with Gasteiger partial charge < -0.3 is 14.8 Å². The van der Waals surface area contributed by atoms with Crippen LogP contribution in [0.15, 0.2) is 73.1 Å². The average Bonchev–Trinajstić information content (AvgIpc) is 2.86. The van der Waals surface area contributed by atoms with Gasteiger partial charge in [-0.1, -0.05) is 25.1 Å². The normalized spacial score (nSPS) is 10.5. The molecule has 0 unspecified atom stereocenters. The quantitative estimate of drug-likeness (QED) is 0.411. The smallest absolute Gasteiger partial charge is 0.256 e. The van der Waals surface area contributed by atoms with E-state index >= 15 is 0 Å². The summed E-state index contributed by atoms with van der Waals surface area (Å²) in [4.78, 5) is 26.3. The van der Waals surface area contributed by atoms with Crippen LogP contribution >= 0.6 is 0 Å². The van der Waals surface area contributed by atoms with Gasteiger partial charge in [-0.3, -0.25) is 4.79 Å². The van der Waals surface area contributed by atoms with Crippen LogP contribution in [-0.2, 0) is 6.42 Å². The molecule has 4 rings (SSSR count). The van der Waals surface area contributed by atoms with Crippen molar-refractivity contribution >= 4 is 11.6 Å². The number of carbonyl (C=O) groups excluding carboxylic acids is 1. The van der Waals surface area contributed by atoms with E-state index in [1.54, 1.807) is 43.8 Å². The Morgan fingerprint density at radius 2 is 1.76 bits per heavy atom. The van der Waals surface area contributed by atoms with Crippen molar-refractivity contribution in [1.29, 1.82) is 0 Å².